The van der Waals surface area contributed by atoms with Crippen molar-refractivity contribution in [2.45, 2.75) is 39.3 Å². The lowest BCUT2D eigenvalue weighted by Gasteiger charge is -2.29. The average molecular weight is 260 g/mol. The number of rotatable bonds is 4. The van der Waals surface area contributed by atoms with Crippen molar-refractivity contribution in [2.24, 2.45) is 0 Å². The number of likely N-dealkylation sites (N-methyl/N-ethyl adjacent to an activating group) is 1. The molecule has 2 atom stereocenters. The Hall–Kier alpha value is -1.35. The second-order valence-corrected chi connectivity index (χ2v) is 5.33. The number of hydrogen-bond donors (Lipinski definition) is 0. The smallest absolute Gasteiger partial charge is 0.219 e. The van der Waals surface area contributed by atoms with Gasteiger partial charge in [0.2, 0.25) is 5.91 Å². The van der Waals surface area contributed by atoms with Crippen molar-refractivity contribution >= 4 is 5.91 Å². The quantitative estimate of drug-likeness (QED) is 0.831. The van der Waals surface area contributed by atoms with Crippen LogP contribution < -0.4 is 0 Å². The van der Waals surface area contributed by atoms with Gasteiger partial charge in [0.1, 0.15) is 0 Å². The zero-order chi connectivity index (χ0) is 13.8. The van der Waals surface area contributed by atoms with Crippen molar-refractivity contribution in [1.29, 1.82) is 0 Å². The Morgan fingerprint density at radius 3 is 2.68 bits per heavy atom. The van der Waals surface area contributed by atoms with E-state index in [1.807, 2.05) is 4.90 Å². The fraction of sp³-hybridized carbons (Fsp3) is 0.562. The molecule has 0 N–H and O–H groups in total. The molecule has 3 heteroatoms. The summed E-state index contributed by atoms with van der Waals surface area (Å²) in [6, 6.07) is 11.4. The summed E-state index contributed by atoms with van der Waals surface area (Å²) in [5, 5.41) is 0. The highest BCUT2D eigenvalue weighted by atomic mass is 16.2. The molecule has 1 heterocycles. The topological polar surface area (TPSA) is 23.6 Å². The molecule has 0 unspecified atom stereocenters. The maximum absolute atomic E-state index is 11.6. The van der Waals surface area contributed by atoms with Gasteiger partial charge in [-0.2, -0.15) is 0 Å². The average Bonchev–Trinajstić information content (AvgIpc) is 2.89. The molecule has 19 heavy (non-hydrogen) atoms. The first-order chi connectivity index (χ1) is 9.13. The Labute approximate surface area is 116 Å². The Morgan fingerprint density at radius 2 is 2.11 bits per heavy atom. The van der Waals surface area contributed by atoms with E-state index in [1.165, 1.54) is 5.56 Å². The van der Waals surface area contributed by atoms with Crippen LogP contribution in [0.1, 0.15) is 38.8 Å². The van der Waals surface area contributed by atoms with Crippen LogP contribution in [-0.4, -0.2) is 41.4 Å². The summed E-state index contributed by atoms with van der Waals surface area (Å²) in [5.74, 6) is 0.196. The predicted octanol–water partition coefficient (Wildman–Crippen LogP) is 2.69. The summed E-state index contributed by atoms with van der Waals surface area (Å²) in [6.45, 7) is 8.86. The van der Waals surface area contributed by atoms with Crippen molar-refractivity contribution in [3.8, 4) is 0 Å². The van der Waals surface area contributed by atoms with Crippen molar-refractivity contribution in [2.75, 3.05) is 19.6 Å². The first-order valence-corrected chi connectivity index (χ1v) is 7.19. The van der Waals surface area contributed by atoms with Gasteiger partial charge in [0.25, 0.3) is 0 Å². The molecular weight excluding hydrogens is 236 g/mol. The zero-order valence-corrected chi connectivity index (χ0v) is 12.2. The second kappa shape index (κ2) is 6.20. The van der Waals surface area contributed by atoms with Crippen LogP contribution in [0.3, 0.4) is 0 Å². The minimum absolute atomic E-state index is 0.196. The SMILES string of the molecule is CCN(C(C)=O)[C@H]1CCN([C@@H](C)c2ccccc2)C1. The monoisotopic (exact) mass is 260 g/mol. The molecule has 1 aromatic carbocycles. The molecule has 0 radical (unpaired) electrons. The third-order valence-corrected chi connectivity index (χ3v) is 4.21. The molecular formula is C16H24N2O. The predicted molar refractivity (Wildman–Crippen MR) is 77.9 cm³/mol. The third kappa shape index (κ3) is 3.16. The van der Waals surface area contributed by atoms with Gasteiger partial charge < -0.3 is 4.90 Å². The van der Waals surface area contributed by atoms with Crippen LogP contribution in [0.5, 0.6) is 0 Å². The standard InChI is InChI=1S/C16H24N2O/c1-4-18(14(3)19)16-10-11-17(12-16)13(2)15-8-6-5-7-9-15/h5-9,13,16H,4,10-12H2,1-3H3/t13-,16-/m0/s1. The highest BCUT2D eigenvalue weighted by Gasteiger charge is 2.30. The van der Waals surface area contributed by atoms with Gasteiger partial charge in [-0.3, -0.25) is 9.69 Å². The molecule has 0 bridgehead atoms. The zero-order valence-electron chi connectivity index (χ0n) is 12.2. The summed E-state index contributed by atoms with van der Waals surface area (Å²) in [5.41, 5.74) is 1.36. The summed E-state index contributed by atoms with van der Waals surface area (Å²) in [4.78, 5) is 16.1. The first-order valence-electron chi connectivity index (χ1n) is 7.19. The number of likely N-dealkylation sites (tertiary alicyclic amines) is 1. The Balaban J connectivity index is 2.00. The van der Waals surface area contributed by atoms with Crippen molar-refractivity contribution < 1.29 is 4.79 Å². The molecule has 3 nitrogen and oxygen atoms in total. The normalized spacial score (nSPS) is 21.3. The summed E-state index contributed by atoms with van der Waals surface area (Å²) < 4.78 is 0. The van der Waals surface area contributed by atoms with Crippen LogP contribution in [0.2, 0.25) is 0 Å². The highest BCUT2D eigenvalue weighted by Crippen LogP contribution is 2.26. The lowest BCUT2D eigenvalue weighted by Crippen LogP contribution is -2.40. The van der Waals surface area contributed by atoms with Crippen molar-refractivity contribution in [3.05, 3.63) is 35.9 Å². The summed E-state index contributed by atoms with van der Waals surface area (Å²) in [6.07, 6.45) is 1.09. The van der Waals surface area contributed by atoms with Crippen molar-refractivity contribution in [3.63, 3.8) is 0 Å². The van der Waals surface area contributed by atoms with E-state index < -0.39 is 0 Å². The molecule has 0 spiro atoms. The largest absolute Gasteiger partial charge is 0.339 e. The fourth-order valence-corrected chi connectivity index (χ4v) is 3.05. The van der Waals surface area contributed by atoms with E-state index >= 15 is 0 Å². The maximum Gasteiger partial charge on any atom is 0.219 e. The molecule has 0 aromatic heterocycles. The van der Waals surface area contributed by atoms with Crippen LogP contribution in [0.15, 0.2) is 30.3 Å². The van der Waals surface area contributed by atoms with E-state index in [4.69, 9.17) is 0 Å². The number of carbonyl (C=O) groups excluding carboxylic acids is 1. The summed E-state index contributed by atoms with van der Waals surface area (Å²) in [7, 11) is 0. The van der Waals surface area contributed by atoms with E-state index in [0.717, 1.165) is 26.1 Å². The minimum atomic E-state index is 0.196. The van der Waals surface area contributed by atoms with Gasteiger partial charge in [-0.1, -0.05) is 30.3 Å². The van der Waals surface area contributed by atoms with E-state index in [0.29, 0.717) is 12.1 Å². The van der Waals surface area contributed by atoms with Crippen LogP contribution in [0.4, 0.5) is 0 Å². The number of nitrogens with zero attached hydrogens (tertiary/aromatic N) is 2. The van der Waals surface area contributed by atoms with Crippen LogP contribution in [-0.2, 0) is 4.79 Å². The number of carbonyl (C=O) groups is 1. The van der Waals surface area contributed by atoms with Crippen LogP contribution in [0, 0.1) is 0 Å². The minimum Gasteiger partial charge on any atom is -0.339 e. The molecule has 104 valence electrons. The highest BCUT2D eigenvalue weighted by molar-refractivity contribution is 5.73. The molecule has 1 saturated heterocycles. The molecule has 0 aliphatic carbocycles. The molecule has 1 aliphatic heterocycles. The Kier molecular flexibility index (Phi) is 4.59. The lowest BCUT2D eigenvalue weighted by atomic mass is 10.1. The molecule has 1 aromatic rings. The van der Waals surface area contributed by atoms with Crippen LogP contribution in [0.25, 0.3) is 0 Å². The van der Waals surface area contributed by atoms with Gasteiger partial charge in [-0.15, -0.1) is 0 Å². The van der Waals surface area contributed by atoms with E-state index in [-0.39, 0.29) is 5.91 Å². The first kappa shape index (κ1) is 14.1. The molecule has 1 fully saturated rings. The number of benzene rings is 1. The number of hydrogen-bond acceptors (Lipinski definition) is 2. The summed E-state index contributed by atoms with van der Waals surface area (Å²) >= 11 is 0. The number of amides is 1. The fourth-order valence-electron chi connectivity index (χ4n) is 3.05. The van der Waals surface area contributed by atoms with E-state index in [2.05, 4.69) is 49.1 Å². The van der Waals surface area contributed by atoms with Gasteiger partial charge in [-0.25, -0.2) is 0 Å². The Bertz CT molecular complexity index is 418. The van der Waals surface area contributed by atoms with E-state index in [9.17, 15) is 4.79 Å². The third-order valence-electron chi connectivity index (χ3n) is 4.21. The maximum atomic E-state index is 11.6. The lowest BCUT2D eigenvalue weighted by molar-refractivity contribution is -0.130. The molecule has 1 amide bonds. The molecule has 1 aliphatic rings. The van der Waals surface area contributed by atoms with Gasteiger partial charge in [0.15, 0.2) is 0 Å². The van der Waals surface area contributed by atoms with Crippen LogP contribution >= 0.6 is 0 Å². The Morgan fingerprint density at radius 1 is 1.42 bits per heavy atom. The molecule has 0 saturated carbocycles. The molecule has 2 rings (SSSR count). The van der Waals surface area contributed by atoms with E-state index in [1.54, 1.807) is 6.92 Å². The van der Waals surface area contributed by atoms with Gasteiger partial charge >= 0.3 is 0 Å². The van der Waals surface area contributed by atoms with Crippen molar-refractivity contribution in [1.82, 2.24) is 9.80 Å². The second-order valence-electron chi connectivity index (χ2n) is 5.33. The van der Waals surface area contributed by atoms with Gasteiger partial charge in [0.05, 0.1) is 0 Å². The van der Waals surface area contributed by atoms with Gasteiger partial charge in [-0.05, 0) is 25.8 Å². The van der Waals surface area contributed by atoms with Gasteiger partial charge in [0, 0.05) is 38.6 Å².